The van der Waals surface area contributed by atoms with Crippen molar-refractivity contribution in [3.63, 3.8) is 0 Å². The highest BCUT2D eigenvalue weighted by Gasteiger charge is 2.24. The van der Waals surface area contributed by atoms with E-state index < -0.39 is 11.7 Å². The van der Waals surface area contributed by atoms with E-state index in [0.717, 1.165) is 55.1 Å². The molecule has 2 aromatic rings. The predicted octanol–water partition coefficient (Wildman–Crippen LogP) is 3.87. The molecule has 1 aromatic heterocycles. The average Bonchev–Trinajstić information content (AvgIpc) is 3.05. The highest BCUT2D eigenvalue weighted by Crippen LogP contribution is 2.33. The summed E-state index contributed by atoms with van der Waals surface area (Å²) in [5.41, 5.74) is 5.14. The maximum atomic E-state index is 11.9. The summed E-state index contributed by atoms with van der Waals surface area (Å²) < 4.78 is 5.32. The maximum absolute atomic E-state index is 11.9. The minimum absolute atomic E-state index is 0.402. The number of hydrogen-bond donors (Lipinski definition) is 1. The van der Waals surface area contributed by atoms with Gasteiger partial charge >= 0.3 is 6.09 Å². The lowest BCUT2D eigenvalue weighted by atomic mass is 10.0. The Balaban J connectivity index is 1.56. The van der Waals surface area contributed by atoms with E-state index in [1.165, 1.54) is 17.7 Å². The van der Waals surface area contributed by atoms with E-state index in [-0.39, 0.29) is 0 Å². The largest absolute Gasteiger partial charge is 0.444 e. The monoisotopic (exact) mass is 380 g/mol. The van der Waals surface area contributed by atoms with E-state index in [0.29, 0.717) is 6.54 Å². The number of amides is 1. The first-order valence-electron chi connectivity index (χ1n) is 10.1. The van der Waals surface area contributed by atoms with Crippen LogP contribution in [0.2, 0.25) is 0 Å². The molecule has 2 heterocycles. The van der Waals surface area contributed by atoms with Crippen LogP contribution in [0.3, 0.4) is 0 Å². The summed E-state index contributed by atoms with van der Waals surface area (Å²) in [6, 6.07) is 8.24. The highest BCUT2D eigenvalue weighted by molar-refractivity contribution is 5.69. The smallest absolute Gasteiger partial charge is 0.407 e. The molecule has 0 radical (unpaired) electrons. The Hall–Kier alpha value is -2.63. The summed E-state index contributed by atoms with van der Waals surface area (Å²) in [5, 5.41) is 2.83. The van der Waals surface area contributed by atoms with Gasteiger partial charge in [0.25, 0.3) is 0 Å². The van der Waals surface area contributed by atoms with Gasteiger partial charge in [-0.25, -0.2) is 14.8 Å². The van der Waals surface area contributed by atoms with Crippen LogP contribution < -0.4 is 10.2 Å². The molecule has 0 unspecified atom stereocenters. The van der Waals surface area contributed by atoms with Gasteiger partial charge in [-0.05, 0) is 58.1 Å². The van der Waals surface area contributed by atoms with E-state index in [9.17, 15) is 4.79 Å². The van der Waals surface area contributed by atoms with Crippen molar-refractivity contribution in [3.8, 4) is 11.3 Å². The number of carbonyl (C=O) groups excluding carboxylic acids is 1. The predicted molar refractivity (Wildman–Crippen MR) is 109 cm³/mol. The van der Waals surface area contributed by atoms with Crippen molar-refractivity contribution in [2.45, 2.75) is 58.6 Å². The first-order chi connectivity index (χ1) is 13.4. The number of rotatable bonds is 4. The van der Waals surface area contributed by atoms with Crippen LogP contribution in [0.1, 0.15) is 50.4 Å². The van der Waals surface area contributed by atoms with Crippen molar-refractivity contribution in [1.29, 1.82) is 0 Å². The van der Waals surface area contributed by atoms with Gasteiger partial charge in [-0.15, -0.1) is 0 Å². The van der Waals surface area contributed by atoms with E-state index in [1.54, 1.807) is 0 Å². The highest BCUT2D eigenvalue weighted by atomic mass is 16.6. The lowest BCUT2D eigenvalue weighted by molar-refractivity contribution is 0.0523. The van der Waals surface area contributed by atoms with Gasteiger partial charge in [-0.2, -0.15) is 0 Å². The number of anilines is 1. The zero-order valence-electron chi connectivity index (χ0n) is 16.9. The molecule has 148 valence electrons. The fourth-order valence-electron chi connectivity index (χ4n) is 3.63. The molecule has 0 spiro atoms. The summed E-state index contributed by atoms with van der Waals surface area (Å²) in [6.07, 6.45) is 4.01. The zero-order valence-corrected chi connectivity index (χ0v) is 16.9. The van der Waals surface area contributed by atoms with E-state index in [2.05, 4.69) is 22.3 Å². The van der Waals surface area contributed by atoms with Crippen molar-refractivity contribution in [2.75, 3.05) is 18.0 Å². The van der Waals surface area contributed by atoms with Gasteiger partial charge in [0, 0.05) is 36.5 Å². The van der Waals surface area contributed by atoms with Gasteiger partial charge in [0.05, 0.1) is 5.69 Å². The molecule has 1 aliphatic carbocycles. The number of alkyl carbamates (subject to hydrolysis) is 1. The van der Waals surface area contributed by atoms with E-state index in [1.807, 2.05) is 32.9 Å². The molecule has 4 rings (SSSR count). The second-order valence-corrected chi connectivity index (χ2v) is 8.55. The molecule has 0 atom stereocenters. The van der Waals surface area contributed by atoms with Gasteiger partial charge in [-0.1, -0.05) is 18.2 Å². The standard InChI is InChI=1S/C22H28N4O2/c1-22(2,3)28-21(27)23-14-15-7-4-8-16(13-15)19-17-9-5-10-18(17)24-20(25-19)26-11-6-12-26/h4,7-8,13H,5-6,9-12,14H2,1-3H3,(H,23,27). The van der Waals surface area contributed by atoms with Crippen LogP contribution in [0, 0.1) is 0 Å². The minimum atomic E-state index is -0.499. The summed E-state index contributed by atoms with van der Waals surface area (Å²) in [7, 11) is 0. The van der Waals surface area contributed by atoms with Crippen molar-refractivity contribution < 1.29 is 9.53 Å². The number of nitrogens with one attached hydrogen (secondary N) is 1. The summed E-state index contributed by atoms with van der Waals surface area (Å²) in [4.78, 5) is 23.9. The lowest BCUT2D eigenvalue weighted by Crippen LogP contribution is -2.38. The summed E-state index contributed by atoms with van der Waals surface area (Å²) in [6.45, 7) is 8.08. The zero-order chi connectivity index (χ0) is 19.7. The molecule has 1 fully saturated rings. The molecule has 0 saturated carbocycles. The number of aromatic nitrogens is 2. The first kappa shape index (κ1) is 18.7. The normalized spacial score (nSPS) is 15.8. The Bertz CT molecular complexity index is 885. The van der Waals surface area contributed by atoms with Crippen LogP contribution in [0.15, 0.2) is 24.3 Å². The number of hydrogen-bond acceptors (Lipinski definition) is 5. The van der Waals surface area contributed by atoms with Crippen LogP contribution in [-0.2, 0) is 24.1 Å². The third kappa shape index (κ3) is 4.11. The van der Waals surface area contributed by atoms with Crippen molar-refractivity contribution in [1.82, 2.24) is 15.3 Å². The first-order valence-corrected chi connectivity index (χ1v) is 10.1. The Labute approximate surface area is 166 Å². The summed E-state index contributed by atoms with van der Waals surface area (Å²) in [5.74, 6) is 0.860. The van der Waals surface area contributed by atoms with E-state index in [4.69, 9.17) is 14.7 Å². The molecule has 2 aliphatic rings. The third-order valence-electron chi connectivity index (χ3n) is 5.10. The molecule has 1 N–H and O–H groups in total. The van der Waals surface area contributed by atoms with Crippen molar-refractivity contribution >= 4 is 12.0 Å². The minimum Gasteiger partial charge on any atom is -0.444 e. The Kier molecular flexibility index (Phi) is 4.96. The van der Waals surface area contributed by atoms with Gasteiger partial charge in [0.15, 0.2) is 0 Å². The third-order valence-corrected chi connectivity index (χ3v) is 5.10. The van der Waals surface area contributed by atoms with Crippen molar-refractivity contribution in [2.24, 2.45) is 0 Å². The fraction of sp³-hybridized carbons (Fsp3) is 0.500. The second-order valence-electron chi connectivity index (χ2n) is 8.55. The lowest BCUT2D eigenvalue weighted by Gasteiger charge is -2.31. The number of aryl methyl sites for hydroxylation is 1. The number of benzene rings is 1. The molecule has 1 amide bonds. The van der Waals surface area contributed by atoms with Gasteiger partial charge in [0.1, 0.15) is 5.60 Å². The molecule has 28 heavy (non-hydrogen) atoms. The number of nitrogens with zero attached hydrogens (tertiary/aromatic N) is 3. The molecule has 6 nitrogen and oxygen atoms in total. The average molecular weight is 380 g/mol. The molecular weight excluding hydrogens is 352 g/mol. The van der Waals surface area contributed by atoms with E-state index >= 15 is 0 Å². The molecule has 6 heteroatoms. The van der Waals surface area contributed by atoms with Gasteiger partial charge in [0.2, 0.25) is 5.95 Å². The maximum Gasteiger partial charge on any atom is 0.407 e. The van der Waals surface area contributed by atoms with Gasteiger partial charge in [-0.3, -0.25) is 0 Å². The second kappa shape index (κ2) is 7.41. The molecule has 1 aliphatic heterocycles. The number of fused-ring (bicyclic) bond motifs is 1. The quantitative estimate of drug-likeness (QED) is 0.872. The summed E-state index contributed by atoms with van der Waals surface area (Å²) >= 11 is 0. The Morgan fingerprint density at radius 1 is 1.18 bits per heavy atom. The SMILES string of the molecule is CC(C)(C)OC(=O)NCc1cccc(-c2nc(N3CCC3)nc3c2CCC3)c1. The molecule has 0 bridgehead atoms. The van der Waals surface area contributed by atoms with Crippen LogP contribution in [0.4, 0.5) is 10.7 Å². The molecule has 1 aromatic carbocycles. The van der Waals surface area contributed by atoms with Gasteiger partial charge < -0.3 is 15.0 Å². The number of carbonyl (C=O) groups is 1. The van der Waals surface area contributed by atoms with Crippen molar-refractivity contribution in [3.05, 3.63) is 41.1 Å². The Morgan fingerprint density at radius 3 is 2.71 bits per heavy atom. The number of ether oxygens (including phenoxy) is 1. The van der Waals surface area contributed by atoms with Crippen LogP contribution in [0.25, 0.3) is 11.3 Å². The fourth-order valence-corrected chi connectivity index (χ4v) is 3.63. The Morgan fingerprint density at radius 2 is 2.00 bits per heavy atom. The molecular formula is C22H28N4O2. The topological polar surface area (TPSA) is 67.3 Å². The molecule has 1 saturated heterocycles. The van der Waals surface area contributed by atoms with Crippen LogP contribution in [-0.4, -0.2) is 34.8 Å². The van der Waals surface area contributed by atoms with Crippen LogP contribution >= 0.6 is 0 Å². The van der Waals surface area contributed by atoms with Crippen LogP contribution in [0.5, 0.6) is 0 Å².